The second-order valence-electron chi connectivity index (χ2n) is 6.38. The number of anilines is 2. The van der Waals surface area contributed by atoms with Gasteiger partial charge in [0.1, 0.15) is 6.33 Å². The van der Waals surface area contributed by atoms with Crippen LogP contribution in [0.1, 0.15) is 0 Å². The van der Waals surface area contributed by atoms with Crippen LogP contribution in [0.15, 0.2) is 79.1 Å². The van der Waals surface area contributed by atoms with Gasteiger partial charge >= 0.3 is 0 Å². The Balaban J connectivity index is 1.54. The molecule has 6 heteroatoms. The van der Waals surface area contributed by atoms with E-state index in [1.54, 1.807) is 7.11 Å². The second-order valence-corrected chi connectivity index (χ2v) is 6.38. The number of benzene rings is 3. The summed E-state index contributed by atoms with van der Waals surface area (Å²) in [5.74, 6) is 1.19. The van der Waals surface area contributed by atoms with Crippen molar-refractivity contribution in [3.8, 4) is 11.6 Å². The van der Waals surface area contributed by atoms with Gasteiger partial charge in [0.15, 0.2) is 5.82 Å². The smallest absolute Gasteiger partial charge is 0.241 e. The number of aromatic nitrogens is 4. The van der Waals surface area contributed by atoms with Crippen LogP contribution in [0.2, 0.25) is 0 Å². The number of fused-ring (bicyclic) bond motifs is 2. The first-order valence-corrected chi connectivity index (χ1v) is 8.92. The number of methoxy groups -OCH3 is 1. The number of ether oxygens (including phenoxy) is 1. The average molecular weight is 367 g/mol. The van der Waals surface area contributed by atoms with Crippen LogP contribution in [-0.4, -0.2) is 26.9 Å². The van der Waals surface area contributed by atoms with E-state index in [0.29, 0.717) is 11.7 Å². The van der Waals surface area contributed by atoms with Gasteiger partial charge in [-0.3, -0.25) is 4.57 Å². The van der Waals surface area contributed by atoms with Crippen LogP contribution in [0, 0.1) is 0 Å². The molecule has 0 bridgehead atoms. The van der Waals surface area contributed by atoms with Crippen molar-refractivity contribution in [3.63, 3.8) is 0 Å². The standard InChI is InChI=1S/C22H17N5O/c1-28-22-18-10-6-5-9-17(18)21(25-26-22)24-15-11-12-20-19(13-15)23-14-27(20)16-7-3-2-4-8-16/h2-14H,1H3,(H,24,25). The van der Waals surface area contributed by atoms with Crippen molar-refractivity contribution in [1.29, 1.82) is 0 Å². The summed E-state index contributed by atoms with van der Waals surface area (Å²) >= 11 is 0. The molecule has 28 heavy (non-hydrogen) atoms. The SMILES string of the molecule is COc1nnc(Nc2ccc3c(c2)ncn3-c2ccccc2)c2ccccc12. The molecular weight excluding hydrogens is 350 g/mol. The number of nitrogens with one attached hydrogen (secondary N) is 1. The molecule has 2 heterocycles. The third kappa shape index (κ3) is 2.72. The van der Waals surface area contributed by atoms with E-state index in [0.717, 1.165) is 33.2 Å². The summed E-state index contributed by atoms with van der Waals surface area (Å²) in [6.45, 7) is 0. The number of hydrogen-bond donors (Lipinski definition) is 1. The van der Waals surface area contributed by atoms with Crippen molar-refractivity contribution < 1.29 is 4.74 Å². The minimum absolute atomic E-state index is 0.512. The zero-order valence-electron chi connectivity index (χ0n) is 15.2. The molecule has 0 fully saturated rings. The predicted octanol–water partition coefficient (Wildman–Crippen LogP) is 4.72. The van der Waals surface area contributed by atoms with E-state index in [1.165, 1.54) is 0 Å². The molecule has 0 saturated carbocycles. The molecule has 3 aromatic carbocycles. The number of rotatable bonds is 4. The Kier molecular flexibility index (Phi) is 3.87. The van der Waals surface area contributed by atoms with Crippen LogP contribution in [-0.2, 0) is 0 Å². The number of para-hydroxylation sites is 1. The molecule has 0 unspecified atom stereocenters. The summed E-state index contributed by atoms with van der Waals surface area (Å²) in [5.41, 5.74) is 3.93. The fourth-order valence-electron chi connectivity index (χ4n) is 3.34. The van der Waals surface area contributed by atoms with E-state index in [9.17, 15) is 0 Å². The Bertz CT molecular complexity index is 1280. The lowest BCUT2D eigenvalue weighted by Gasteiger charge is -2.10. The molecule has 2 aromatic heterocycles. The molecule has 0 atom stereocenters. The van der Waals surface area contributed by atoms with Gasteiger partial charge in [0.05, 0.1) is 18.1 Å². The molecule has 0 amide bonds. The zero-order valence-corrected chi connectivity index (χ0v) is 15.2. The summed E-state index contributed by atoms with van der Waals surface area (Å²) in [6.07, 6.45) is 1.84. The maximum Gasteiger partial charge on any atom is 0.241 e. The van der Waals surface area contributed by atoms with Crippen LogP contribution in [0.3, 0.4) is 0 Å². The normalized spacial score (nSPS) is 11.0. The van der Waals surface area contributed by atoms with Gasteiger partial charge in [-0.05, 0) is 36.4 Å². The maximum atomic E-state index is 5.32. The first-order chi connectivity index (χ1) is 13.8. The summed E-state index contributed by atoms with van der Waals surface area (Å²) in [4.78, 5) is 4.55. The van der Waals surface area contributed by atoms with Crippen molar-refractivity contribution in [2.75, 3.05) is 12.4 Å². The highest BCUT2D eigenvalue weighted by Gasteiger charge is 2.11. The van der Waals surface area contributed by atoms with E-state index >= 15 is 0 Å². The molecule has 6 nitrogen and oxygen atoms in total. The van der Waals surface area contributed by atoms with Crippen LogP contribution in [0.25, 0.3) is 27.5 Å². The van der Waals surface area contributed by atoms with E-state index in [1.807, 2.05) is 60.9 Å². The van der Waals surface area contributed by atoms with Crippen LogP contribution < -0.4 is 10.1 Å². The molecule has 1 N–H and O–H groups in total. The molecule has 0 spiro atoms. The third-order valence-electron chi connectivity index (χ3n) is 4.69. The van der Waals surface area contributed by atoms with Gasteiger partial charge in [0, 0.05) is 22.1 Å². The van der Waals surface area contributed by atoms with Crippen molar-refractivity contribution in [1.82, 2.24) is 19.7 Å². The Morgan fingerprint density at radius 3 is 2.46 bits per heavy atom. The number of hydrogen-bond acceptors (Lipinski definition) is 5. The molecule has 5 rings (SSSR count). The van der Waals surface area contributed by atoms with Crippen molar-refractivity contribution in [2.45, 2.75) is 0 Å². The van der Waals surface area contributed by atoms with E-state index < -0.39 is 0 Å². The predicted molar refractivity (Wildman–Crippen MR) is 110 cm³/mol. The highest BCUT2D eigenvalue weighted by atomic mass is 16.5. The fraction of sp³-hybridized carbons (Fsp3) is 0.0455. The maximum absolute atomic E-state index is 5.32. The summed E-state index contributed by atoms with van der Waals surface area (Å²) in [6, 6.07) is 24.1. The molecule has 0 aliphatic carbocycles. The Morgan fingerprint density at radius 1 is 0.857 bits per heavy atom. The Labute approximate surface area is 161 Å². The lowest BCUT2D eigenvalue weighted by Crippen LogP contribution is -1.99. The molecule has 136 valence electrons. The minimum atomic E-state index is 0.512. The number of nitrogens with zero attached hydrogens (tertiary/aromatic N) is 4. The zero-order chi connectivity index (χ0) is 18.9. The van der Waals surface area contributed by atoms with E-state index in [4.69, 9.17) is 4.74 Å². The topological polar surface area (TPSA) is 64.9 Å². The second kappa shape index (κ2) is 6.66. The van der Waals surface area contributed by atoms with Gasteiger partial charge in [0.25, 0.3) is 0 Å². The summed E-state index contributed by atoms with van der Waals surface area (Å²) in [7, 11) is 1.60. The van der Waals surface area contributed by atoms with E-state index in [-0.39, 0.29) is 0 Å². The first kappa shape index (κ1) is 16.3. The van der Waals surface area contributed by atoms with Gasteiger partial charge < -0.3 is 10.1 Å². The van der Waals surface area contributed by atoms with Gasteiger partial charge in [0.2, 0.25) is 5.88 Å². The van der Waals surface area contributed by atoms with E-state index in [2.05, 4.69) is 43.3 Å². The highest BCUT2D eigenvalue weighted by molar-refractivity contribution is 5.96. The lowest BCUT2D eigenvalue weighted by atomic mass is 10.2. The summed E-state index contributed by atoms with van der Waals surface area (Å²) in [5, 5.41) is 13.7. The van der Waals surface area contributed by atoms with Crippen molar-refractivity contribution in [3.05, 3.63) is 79.1 Å². The molecule has 0 radical (unpaired) electrons. The van der Waals surface area contributed by atoms with Crippen molar-refractivity contribution in [2.24, 2.45) is 0 Å². The van der Waals surface area contributed by atoms with Crippen LogP contribution in [0.4, 0.5) is 11.5 Å². The molecule has 0 aliphatic rings. The molecule has 0 saturated heterocycles. The van der Waals surface area contributed by atoms with Crippen molar-refractivity contribution >= 4 is 33.3 Å². The third-order valence-corrected chi connectivity index (χ3v) is 4.69. The van der Waals surface area contributed by atoms with Gasteiger partial charge in [-0.2, -0.15) is 0 Å². The average Bonchev–Trinajstić information content (AvgIpc) is 3.18. The first-order valence-electron chi connectivity index (χ1n) is 8.92. The minimum Gasteiger partial charge on any atom is -0.479 e. The lowest BCUT2D eigenvalue weighted by molar-refractivity contribution is 0.398. The van der Waals surface area contributed by atoms with Gasteiger partial charge in [-0.25, -0.2) is 4.98 Å². The molecular formula is C22H17N5O. The highest BCUT2D eigenvalue weighted by Crippen LogP contribution is 2.30. The Hall–Kier alpha value is -3.93. The quantitative estimate of drug-likeness (QED) is 0.498. The van der Waals surface area contributed by atoms with Crippen LogP contribution in [0.5, 0.6) is 5.88 Å². The number of imidazole rings is 1. The van der Waals surface area contributed by atoms with Gasteiger partial charge in [-0.1, -0.05) is 36.4 Å². The fourth-order valence-corrected chi connectivity index (χ4v) is 3.34. The summed E-state index contributed by atoms with van der Waals surface area (Å²) < 4.78 is 7.39. The molecule has 0 aliphatic heterocycles. The molecule has 5 aromatic rings. The Morgan fingerprint density at radius 2 is 1.64 bits per heavy atom. The monoisotopic (exact) mass is 367 g/mol. The van der Waals surface area contributed by atoms with Crippen LogP contribution >= 0.6 is 0 Å². The largest absolute Gasteiger partial charge is 0.479 e. The van der Waals surface area contributed by atoms with Gasteiger partial charge in [-0.15, -0.1) is 10.2 Å².